The molecule has 0 atom stereocenters. The molecular weight excluding hydrogens is 387 g/mol. The average Bonchev–Trinajstić information content (AvgIpc) is 2.60. The number of carbonyl (C=O) groups excluding carboxylic acids is 1. The van der Waals surface area contributed by atoms with Crippen molar-refractivity contribution in [2.75, 3.05) is 20.3 Å². The van der Waals surface area contributed by atoms with Crippen LogP contribution in [0, 0.1) is 5.41 Å². The highest BCUT2D eigenvalue weighted by Gasteiger charge is 2.35. The van der Waals surface area contributed by atoms with Gasteiger partial charge in [0, 0.05) is 23.0 Å². The minimum absolute atomic E-state index is 0.000346. The Hall–Kier alpha value is -1.16. The zero-order chi connectivity index (χ0) is 22.0. The van der Waals surface area contributed by atoms with Crippen molar-refractivity contribution in [2.24, 2.45) is 5.41 Å². The highest BCUT2D eigenvalue weighted by molar-refractivity contribution is 7.42. The van der Waals surface area contributed by atoms with Gasteiger partial charge in [0.25, 0.3) is 0 Å². The molecule has 0 bridgehead atoms. The molecule has 1 aromatic rings. The van der Waals surface area contributed by atoms with Crippen LogP contribution in [-0.4, -0.2) is 26.3 Å². The van der Waals surface area contributed by atoms with Crippen molar-refractivity contribution in [2.45, 2.75) is 79.1 Å². The van der Waals surface area contributed by atoms with Gasteiger partial charge in [-0.25, -0.2) is 0 Å². The maximum absolute atomic E-state index is 11.7. The molecule has 1 heterocycles. The van der Waals surface area contributed by atoms with Crippen molar-refractivity contribution in [1.82, 2.24) is 0 Å². The van der Waals surface area contributed by atoms with Gasteiger partial charge >= 0.3 is 14.6 Å². The second kappa shape index (κ2) is 8.91. The van der Waals surface area contributed by atoms with Crippen LogP contribution in [0.15, 0.2) is 12.1 Å². The fourth-order valence-corrected chi connectivity index (χ4v) is 4.49. The molecule has 0 saturated carbocycles. The summed E-state index contributed by atoms with van der Waals surface area (Å²) in [5.41, 5.74) is 3.03. The zero-order valence-electron chi connectivity index (χ0n) is 19.5. The van der Waals surface area contributed by atoms with E-state index < -0.39 is 8.60 Å². The molecule has 0 aliphatic carbocycles. The molecule has 5 nitrogen and oxygen atoms in total. The van der Waals surface area contributed by atoms with Gasteiger partial charge in [-0.15, -0.1) is 0 Å². The lowest BCUT2D eigenvalue weighted by atomic mass is 9.78. The van der Waals surface area contributed by atoms with E-state index in [1.54, 1.807) is 0 Å². The lowest BCUT2D eigenvalue weighted by molar-refractivity contribution is -0.140. The number of methoxy groups -OCH3 is 1. The lowest BCUT2D eigenvalue weighted by Crippen LogP contribution is -2.29. The van der Waals surface area contributed by atoms with E-state index in [2.05, 4.69) is 67.5 Å². The molecule has 1 aliphatic rings. The first-order chi connectivity index (χ1) is 13.2. The van der Waals surface area contributed by atoms with Crippen LogP contribution >= 0.6 is 8.60 Å². The number of carbonyl (C=O) groups is 1. The normalized spacial score (nSPS) is 17.8. The Morgan fingerprint density at radius 1 is 1.03 bits per heavy atom. The number of aryl methyl sites for hydroxylation is 1. The topological polar surface area (TPSA) is 54.0 Å². The molecule has 0 unspecified atom stereocenters. The number of ether oxygens (including phenoxy) is 1. The summed E-state index contributed by atoms with van der Waals surface area (Å²) in [6.45, 7) is 18.5. The highest BCUT2D eigenvalue weighted by atomic mass is 31.2. The maximum atomic E-state index is 11.7. The van der Waals surface area contributed by atoms with E-state index in [-0.39, 0.29) is 22.2 Å². The molecule has 0 N–H and O–H groups in total. The third-order valence-corrected chi connectivity index (χ3v) is 5.91. The van der Waals surface area contributed by atoms with E-state index in [0.29, 0.717) is 26.1 Å². The predicted octanol–water partition coefficient (Wildman–Crippen LogP) is 6.07. The van der Waals surface area contributed by atoms with Crippen LogP contribution in [0.3, 0.4) is 0 Å². The molecule has 0 radical (unpaired) electrons. The molecule has 6 heteroatoms. The third kappa shape index (κ3) is 6.67. The predicted molar refractivity (Wildman–Crippen MR) is 117 cm³/mol. The largest absolute Gasteiger partial charge is 0.469 e. The minimum atomic E-state index is -1.44. The summed E-state index contributed by atoms with van der Waals surface area (Å²) in [4.78, 5) is 11.7. The highest BCUT2D eigenvalue weighted by Crippen LogP contribution is 2.51. The molecule has 29 heavy (non-hydrogen) atoms. The Balaban J connectivity index is 2.45. The van der Waals surface area contributed by atoms with Gasteiger partial charge in [0.15, 0.2) is 0 Å². The summed E-state index contributed by atoms with van der Waals surface area (Å²) in [7, 11) is -0.0131. The second-order valence-corrected chi connectivity index (χ2v) is 11.8. The van der Waals surface area contributed by atoms with Crippen LogP contribution in [0.1, 0.15) is 78.5 Å². The van der Waals surface area contributed by atoms with Gasteiger partial charge in [0.1, 0.15) is 5.75 Å². The summed E-state index contributed by atoms with van der Waals surface area (Å²) >= 11 is 0. The zero-order valence-corrected chi connectivity index (χ0v) is 20.4. The Labute approximate surface area is 177 Å². The summed E-state index contributed by atoms with van der Waals surface area (Å²) in [6.07, 6.45) is 0.993. The summed E-state index contributed by atoms with van der Waals surface area (Å²) < 4.78 is 23.0. The fraction of sp³-hybridized carbons (Fsp3) is 0.696. The molecule has 1 aromatic carbocycles. The number of hydrogen-bond donors (Lipinski definition) is 0. The van der Waals surface area contributed by atoms with Crippen LogP contribution in [-0.2, 0) is 35.8 Å². The molecule has 164 valence electrons. The minimum Gasteiger partial charge on any atom is -0.469 e. The van der Waals surface area contributed by atoms with Crippen molar-refractivity contribution < 1.29 is 23.1 Å². The van der Waals surface area contributed by atoms with Gasteiger partial charge < -0.3 is 18.3 Å². The van der Waals surface area contributed by atoms with E-state index in [0.717, 1.165) is 22.4 Å². The van der Waals surface area contributed by atoms with Crippen molar-refractivity contribution >= 4 is 14.6 Å². The standard InChI is InChI=1S/C23H37O5P/c1-21(2,3)17-12-16(10-11-19(24)25-9)13-18(22(4,5)6)20(17)28-29-26-14-23(7,8)15-27-29/h12-13H,10-11,14-15H2,1-9H3. The summed E-state index contributed by atoms with van der Waals surface area (Å²) in [6, 6.07) is 4.30. The maximum Gasteiger partial charge on any atom is 0.397 e. The van der Waals surface area contributed by atoms with E-state index in [4.69, 9.17) is 18.3 Å². The SMILES string of the molecule is COC(=O)CCc1cc(C(C)(C)C)c(OP2OCC(C)(C)CO2)c(C(C)(C)C)c1. The van der Waals surface area contributed by atoms with Crippen LogP contribution in [0.5, 0.6) is 5.75 Å². The number of rotatable bonds is 5. The van der Waals surface area contributed by atoms with Gasteiger partial charge in [-0.3, -0.25) is 4.79 Å². The van der Waals surface area contributed by atoms with Gasteiger partial charge in [-0.1, -0.05) is 67.5 Å². The van der Waals surface area contributed by atoms with Crippen LogP contribution in [0.2, 0.25) is 0 Å². The smallest absolute Gasteiger partial charge is 0.397 e. The average molecular weight is 425 g/mol. The Kier molecular flexibility index (Phi) is 7.41. The Morgan fingerprint density at radius 3 is 1.93 bits per heavy atom. The lowest BCUT2D eigenvalue weighted by Gasteiger charge is -2.35. The van der Waals surface area contributed by atoms with Gasteiger partial charge in [0.05, 0.1) is 20.3 Å². The second-order valence-electron chi connectivity index (χ2n) is 10.6. The van der Waals surface area contributed by atoms with E-state index in [1.165, 1.54) is 7.11 Å². The van der Waals surface area contributed by atoms with Crippen LogP contribution < -0.4 is 4.52 Å². The molecule has 1 saturated heterocycles. The van der Waals surface area contributed by atoms with Crippen molar-refractivity contribution in [3.05, 3.63) is 28.8 Å². The molecule has 2 rings (SSSR count). The molecule has 0 aromatic heterocycles. The molecule has 0 spiro atoms. The Bertz CT molecular complexity index is 683. The first kappa shape index (κ1) is 24.1. The number of esters is 1. The van der Waals surface area contributed by atoms with Crippen molar-refractivity contribution in [3.63, 3.8) is 0 Å². The van der Waals surface area contributed by atoms with Gasteiger partial charge in [-0.05, 0) is 22.8 Å². The molecule has 1 fully saturated rings. The van der Waals surface area contributed by atoms with Crippen molar-refractivity contribution in [1.29, 1.82) is 0 Å². The molecular formula is C23H37O5P. The summed E-state index contributed by atoms with van der Waals surface area (Å²) in [5.74, 6) is 0.646. The third-order valence-electron chi connectivity index (χ3n) is 4.90. The van der Waals surface area contributed by atoms with Crippen molar-refractivity contribution in [3.8, 4) is 5.75 Å². The molecule has 0 amide bonds. The Morgan fingerprint density at radius 2 is 1.52 bits per heavy atom. The monoisotopic (exact) mass is 424 g/mol. The first-order valence-corrected chi connectivity index (χ1v) is 11.3. The molecule has 1 aliphatic heterocycles. The van der Waals surface area contributed by atoms with Gasteiger partial charge in [-0.2, -0.15) is 0 Å². The number of hydrogen-bond acceptors (Lipinski definition) is 5. The van der Waals surface area contributed by atoms with Crippen LogP contribution in [0.25, 0.3) is 0 Å². The van der Waals surface area contributed by atoms with E-state index in [1.807, 2.05) is 0 Å². The van der Waals surface area contributed by atoms with E-state index >= 15 is 0 Å². The van der Waals surface area contributed by atoms with Crippen LogP contribution in [0.4, 0.5) is 0 Å². The number of benzene rings is 1. The fourth-order valence-electron chi connectivity index (χ4n) is 3.06. The quantitative estimate of drug-likeness (QED) is 0.424. The van der Waals surface area contributed by atoms with Gasteiger partial charge in [0.2, 0.25) is 0 Å². The summed E-state index contributed by atoms with van der Waals surface area (Å²) in [5, 5.41) is 0. The first-order valence-electron chi connectivity index (χ1n) is 10.2. The van der Waals surface area contributed by atoms with E-state index in [9.17, 15) is 4.79 Å².